The fourth-order valence-electron chi connectivity index (χ4n) is 3.73. The smallest absolute Gasteiger partial charge is 0.240 e. The normalized spacial score (nSPS) is 16.8. The molecule has 10 heteroatoms. The van der Waals surface area contributed by atoms with Crippen LogP contribution in [0.5, 0.6) is 0 Å². The molecule has 1 atom stereocenters. The number of nitrogens with zero attached hydrogens (tertiary/aromatic N) is 4. The molecule has 0 amide bonds. The molecular formula is C21H21N7O2S. The number of nitrogens with one attached hydrogen (secondary N) is 2. The zero-order valence-corrected chi connectivity index (χ0v) is 17.4. The maximum Gasteiger partial charge on any atom is 0.240 e. The first-order valence-electron chi connectivity index (χ1n) is 9.89. The molecule has 1 fully saturated rings. The molecule has 0 radical (unpaired) electrons. The third-order valence-electron chi connectivity index (χ3n) is 5.29. The summed E-state index contributed by atoms with van der Waals surface area (Å²) in [7, 11) is -3.57. The lowest BCUT2D eigenvalue weighted by atomic mass is 10.3. The first-order valence-corrected chi connectivity index (χ1v) is 11.4. The van der Waals surface area contributed by atoms with Crippen LogP contribution in [0.4, 0.5) is 11.6 Å². The van der Waals surface area contributed by atoms with Gasteiger partial charge in [0.15, 0.2) is 17.3 Å². The summed E-state index contributed by atoms with van der Waals surface area (Å²) in [5.74, 6) is 1.46. The van der Waals surface area contributed by atoms with Crippen LogP contribution in [-0.4, -0.2) is 47.5 Å². The quantitative estimate of drug-likeness (QED) is 0.438. The fourth-order valence-corrected chi connectivity index (χ4v) is 5.02. The number of aromatic nitrogens is 4. The number of anilines is 2. The van der Waals surface area contributed by atoms with Crippen molar-refractivity contribution in [2.45, 2.75) is 17.4 Å². The van der Waals surface area contributed by atoms with Gasteiger partial charge in [0.2, 0.25) is 10.0 Å². The largest absolute Gasteiger partial charge is 0.382 e. The molecule has 0 saturated carbocycles. The van der Waals surface area contributed by atoms with Crippen LogP contribution in [0.2, 0.25) is 0 Å². The second-order valence-electron chi connectivity index (χ2n) is 7.43. The Morgan fingerprint density at radius 2 is 1.84 bits per heavy atom. The minimum Gasteiger partial charge on any atom is -0.382 e. The zero-order valence-electron chi connectivity index (χ0n) is 16.6. The van der Waals surface area contributed by atoms with E-state index in [4.69, 9.17) is 5.73 Å². The molecule has 4 N–H and O–H groups in total. The fraction of sp³-hybridized carbons (Fsp3) is 0.190. The van der Waals surface area contributed by atoms with E-state index in [-0.39, 0.29) is 16.8 Å². The van der Waals surface area contributed by atoms with Crippen molar-refractivity contribution in [3.63, 3.8) is 0 Å². The van der Waals surface area contributed by atoms with Gasteiger partial charge < -0.3 is 15.6 Å². The maximum absolute atomic E-state index is 12.6. The van der Waals surface area contributed by atoms with Gasteiger partial charge in [0.1, 0.15) is 5.82 Å². The lowest BCUT2D eigenvalue weighted by Crippen LogP contribution is -2.37. The van der Waals surface area contributed by atoms with E-state index in [0.717, 1.165) is 11.0 Å². The average Bonchev–Trinajstić information content (AvgIpc) is 3.41. The Kier molecular flexibility index (Phi) is 4.79. The number of fused-ring (bicyclic) bond motifs is 1. The molecule has 0 spiro atoms. The highest BCUT2D eigenvalue weighted by Crippen LogP contribution is 2.26. The van der Waals surface area contributed by atoms with Crippen LogP contribution in [0, 0.1) is 0 Å². The predicted molar refractivity (Wildman–Crippen MR) is 119 cm³/mol. The third-order valence-corrected chi connectivity index (χ3v) is 6.83. The monoisotopic (exact) mass is 435 g/mol. The van der Waals surface area contributed by atoms with Crippen molar-refractivity contribution in [1.29, 1.82) is 0 Å². The number of hydrogen-bond donors (Lipinski definition) is 3. The number of sulfonamides is 1. The highest BCUT2D eigenvalue weighted by Gasteiger charge is 2.28. The van der Waals surface area contributed by atoms with Crippen LogP contribution in [0.25, 0.3) is 22.6 Å². The molecule has 158 valence electrons. The van der Waals surface area contributed by atoms with E-state index < -0.39 is 10.0 Å². The Bertz CT molecular complexity index is 1310. The van der Waals surface area contributed by atoms with Crippen molar-refractivity contribution in [3.8, 4) is 11.5 Å². The summed E-state index contributed by atoms with van der Waals surface area (Å²) in [5.41, 5.74) is 8.26. The van der Waals surface area contributed by atoms with Gasteiger partial charge >= 0.3 is 0 Å². The highest BCUT2D eigenvalue weighted by molar-refractivity contribution is 7.89. The SMILES string of the molecule is Nc1ncc(N2CC[C@H](NS(=O)(=O)c3ccccc3)C2)nc1-c1nc2ccccc2[nH]1. The van der Waals surface area contributed by atoms with Crippen molar-refractivity contribution in [2.75, 3.05) is 23.7 Å². The lowest BCUT2D eigenvalue weighted by Gasteiger charge is -2.18. The third kappa shape index (κ3) is 3.82. The number of aromatic amines is 1. The molecule has 0 aliphatic carbocycles. The molecule has 1 saturated heterocycles. The molecule has 31 heavy (non-hydrogen) atoms. The van der Waals surface area contributed by atoms with Crippen LogP contribution in [0.15, 0.2) is 65.7 Å². The van der Waals surface area contributed by atoms with Gasteiger partial charge in [-0.05, 0) is 30.7 Å². The van der Waals surface area contributed by atoms with Crippen LogP contribution in [0.3, 0.4) is 0 Å². The Morgan fingerprint density at radius 1 is 1.06 bits per heavy atom. The van der Waals surface area contributed by atoms with Gasteiger partial charge in [-0.25, -0.2) is 28.1 Å². The summed E-state index contributed by atoms with van der Waals surface area (Å²) in [6.07, 6.45) is 2.27. The van der Waals surface area contributed by atoms with Crippen molar-refractivity contribution in [1.82, 2.24) is 24.7 Å². The molecular weight excluding hydrogens is 414 g/mol. The minimum atomic E-state index is -3.57. The summed E-state index contributed by atoms with van der Waals surface area (Å²) in [6.45, 7) is 1.14. The van der Waals surface area contributed by atoms with Crippen LogP contribution >= 0.6 is 0 Å². The Hall–Kier alpha value is -3.50. The second-order valence-corrected chi connectivity index (χ2v) is 9.14. The van der Waals surface area contributed by atoms with Gasteiger partial charge in [-0.3, -0.25) is 0 Å². The minimum absolute atomic E-state index is 0.223. The topological polar surface area (TPSA) is 130 Å². The first kappa shape index (κ1) is 19.5. The van der Waals surface area contributed by atoms with E-state index in [1.54, 1.807) is 36.5 Å². The van der Waals surface area contributed by atoms with Crippen LogP contribution < -0.4 is 15.4 Å². The number of benzene rings is 2. The van der Waals surface area contributed by atoms with Crippen LogP contribution in [-0.2, 0) is 10.0 Å². The molecule has 1 aliphatic heterocycles. The molecule has 2 aromatic carbocycles. The number of rotatable bonds is 5. The van der Waals surface area contributed by atoms with Gasteiger partial charge in [0.25, 0.3) is 0 Å². The van der Waals surface area contributed by atoms with Gasteiger partial charge in [0.05, 0.1) is 22.1 Å². The van der Waals surface area contributed by atoms with Crippen molar-refractivity contribution >= 4 is 32.7 Å². The molecule has 0 bridgehead atoms. The van der Waals surface area contributed by atoms with E-state index in [1.807, 2.05) is 29.2 Å². The van der Waals surface area contributed by atoms with Gasteiger partial charge in [-0.1, -0.05) is 30.3 Å². The molecule has 5 rings (SSSR count). The van der Waals surface area contributed by atoms with E-state index in [2.05, 4.69) is 24.7 Å². The number of nitrogen functional groups attached to an aromatic ring is 1. The zero-order chi connectivity index (χ0) is 21.4. The number of imidazole rings is 1. The van der Waals surface area contributed by atoms with Gasteiger partial charge in [0, 0.05) is 19.1 Å². The van der Waals surface area contributed by atoms with E-state index in [9.17, 15) is 8.42 Å². The number of hydrogen-bond acceptors (Lipinski definition) is 7. The summed E-state index contributed by atoms with van der Waals surface area (Å²) in [4.78, 5) is 19.0. The molecule has 4 aromatic rings. The van der Waals surface area contributed by atoms with Crippen molar-refractivity contribution < 1.29 is 8.42 Å². The second kappa shape index (κ2) is 7.64. The molecule has 3 heterocycles. The molecule has 0 unspecified atom stereocenters. The molecule has 9 nitrogen and oxygen atoms in total. The Morgan fingerprint density at radius 3 is 2.65 bits per heavy atom. The molecule has 2 aromatic heterocycles. The maximum atomic E-state index is 12.6. The summed E-state index contributed by atoms with van der Waals surface area (Å²) in [5, 5.41) is 0. The standard InChI is InChI=1S/C21H21N7O2S/c22-20-19(21-24-16-8-4-5-9-17(16)25-21)26-18(12-23-20)28-11-10-14(13-28)27-31(29,30)15-6-2-1-3-7-15/h1-9,12,14,27H,10-11,13H2,(H2,22,23)(H,24,25)/t14-/m0/s1. The van der Waals surface area contributed by atoms with E-state index in [0.29, 0.717) is 36.8 Å². The van der Waals surface area contributed by atoms with Gasteiger partial charge in [-0.15, -0.1) is 0 Å². The molecule has 1 aliphatic rings. The first-order chi connectivity index (χ1) is 15.0. The predicted octanol–water partition coefficient (Wildman–Crippen LogP) is 2.16. The number of H-pyrrole nitrogens is 1. The Balaban J connectivity index is 1.36. The highest BCUT2D eigenvalue weighted by atomic mass is 32.2. The van der Waals surface area contributed by atoms with Gasteiger partial charge in [-0.2, -0.15) is 0 Å². The summed E-state index contributed by atoms with van der Waals surface area (Å²) in [6, 6.07) is 15.8. The summed E-state index contributed by atoms with van der Waals surface area (Å²) >= 11 is 0. The van der Waals surface area contributed by atoms with E-state index in [1.165, 1.54) is 0 Å². The van der Waals surface area contributed by atoms with E-state index >= 15 is 0 Å². The lowest BCUT2D eigenvalue weighted by molar-refractivity contribution is 0.561. The van der Waals surface area contributed by atoms with Crippen molar-refractivity contribution in [3.05, 3.63) is 60.8 Å². The summed E-state index contributed by atoms with van der Waals surface area (Å²) < 4.78 is 28.0. The van der Waals surface area contributed by atoms with Crippen molar-refractivity contribution in [2.24, 2.45) is 0 Å². The van der Waals surface area contributed by atoms with Crippen LogP contribution in [0.1, 0.15) is 6.42 Å². The Labute approximate surface area is 179 Å². The number of nitrogens with two attached hydrogens (primary N) is 1. The average molecular weight is 436 g/mol. The number of para-hydroxylation sites is 2.